The third-order valence-electron chi connectivity index (χ3n) is 5.08. The molecule has 1 N–H and O–H groups in total. The molecule has 0 aliphatic rings. The first-order chi connectivity index (χ1) is 14.7. The van der Waals surface area contributed by atoms with Crippen molar-refractivity contribution in [3.8, 4) is 0 Å². The van der Waals surface area contributed by atoms with Crippen molar-refractivity contribution >= 4 is 16.9 Å². The molecule has 158 valence electrons. The fourth-order valence-electron chi connectivity index (χ4n) is 3.57. The molecule has 3 aromatic carbocycles. The van der Waals surface area contributed by atoms with Crippen LogP contribution in [0.4, 0.5) is 0 Å². The topological polar surface area (TPSA) is 62.4 Å². The molecule has 0 aliphatic heterocycles. The smallest absolute Gasteiger partial charge is 0.345 e. The van der Waals surface area contributed by atoms with Gasteiger partial charge in [0, 0.05) is 6.42 Å². The zero-order valence-corrected chi connectivity index (χ0v) is 17.7. The van der Waals surface area contributed by atoms with Crippen molar-refractivity contribution in [2.24, 2.45) is 0 Å². The first kappa shape index (κ1) is 22.2. The lowest BCUT2D eigenvalue weighted by molar-refractivity contribution is -0.353. The van der Waals surface area contributed by atoms with Gasteiger partial charge in [-0.25, -0.2) is 9.78 Å². The summed E-state index contributed by atoms with van der Waals surface area (Å²) in [7, 11) is 0. The van der Waals surface area contributed by atoms with Crippen LogP contribution in [0, 0.1) is 0 Å². The maximum atomic E-state index is 12.9. The molecule has 0 fully saturated rings. The van der Waals surface area contributed by atoms with Crippen LogP contribution in [0.25, 0.3) is 10.9 Å². The lowest BCUT2D eigenvalue weighted by Gasteiger charge is -2.17. The Morgan fingerprint density at radius 2 is 1.45 bits per heavy atom. The molecule has 5 nitrogen and oxygen atoms in total. The molecule has 4 rings (SSSR count). The Labute approximate surface area is 186 Å². The molecule has 0 unspecified atom stereocenters. The Hall–Kier alpha value is -3.44. The highest BCUT2D eigenvalue weighted by Crippen LogP contribution is 2.26. The van der Waals surface area contributed by atoms with Crippen molar-refractivity contribution < 1.29 is 26.9 Å². The summed E-state index contributed by atoms with van der Waals surface area (Å²) in [6.07, 6.45) is 2.22. The largest absolute Gasteiger partial charge is 1.00 e. The fourth-order valence-corrected chi connectivity index (χ4v) is 3.57. The van der Waals surface area contributed by atoms with Gasteiger partial charge in [0.15, 0.2) is 0 Å². The quantitative estimate of drug-likeness (QED) is 0.316. The Kier molecular flexibility index (Phi) is 7.57. The van der Waals surface area contributed by atoms with E-state index in [4.69, 9.17) is 4.74 Å². The summed E-state index contributed by atoms with van der Waals surface area (Å²) >= 11 is 0. The molecular weight excluding hydrogens is 412 g/mol. The number of fused-ring (bicyclic) bond motifs is 1. The number of esters is 1. The summed E-state index contributed by atoms with van der Waals surface area (Å²) < 4.78 is 7.21. The van der Waals surface area contributed by atoms with Gasteiger partial charge < -0.3 is 17.1 Å². The number of benzene rings is 3. The average molecular weight is 435 g/mol. The van der Waals surface area contributed by atoms with Gasteiger partial charge in [-0.3, -0.25) is 4.79 Å². The number of carbonyl (C=O) groups excluding carboxylic acids is 1. The van der Waals surface area contributed by atoms with E-state index in [1.165, 1.54) is 0 Å². The van der Waals surface area contributed by atoms with E-state index in [-0.39, 0.29) is 30.5 Å². The van der Waals surface area contributed by atoms with E-state index in [0.717, 1.165) is 16.6 Å². The lowest BCUT2D eigenvalue weighted by atomic mass is 9.91. The molecule has 4 aromatic rings. The van der Waals surface area contributed by atoms with Crippen molar-refractivity contribution in [2.75, 3.05) is 6.61 Å². The number of H-pyrrole nitrogens is 1. The second-order valence-corrected chi connectivity index (χ2v) is 7.09. The molecule has 0 spiro atoms. The van der Waals surface area contributed by atoms with Crippen LogP contribution in [0.2, 0.25) is 0 Å². The highest BCUT2D eigenvalue weighted by Gasteiger charge is 2.24. The van der Waals surface area contributed by atoms with E-state index in [1.54, 1.807) is 17.0 Å². The van der Waals surface area contributed by atoms with Crippen molar-refractivity contribution in [1.29, 1.82) is 0 Å². The second-order valence-electron chi connectivity index (χ2n) is 7.09. The number of halogens is 1. The Bertz CT molecular complexity index is 1150. The van der Waals surface area contributed by atoms with Crippen LogP contribution in [0.1, 0.15) is 23.5 Å². The molecule has 1 aromatic heterocycles. The van der Waals surface area contributed by atoms with Gasteiger partial charge in [-0.1, -0.05) is 72.8 Å². The Balaban J connectivity index is 0.00000272. The molecule has 0 radical (unpaired) electrons. The highest BCUT2D eigenvalue weighted by molar-refractivity contribution is 5.82. The predicted octanol–water partition coefficient (Wildman–Crippen LogP) is 0.585. The Morgan fingerprint density at radius 3 is 2.10 bits per heavy atom. The van der Waals surface area contributed by atoms with Crippen molar-refractivity contribution in [3.63, 3.8) is 0 Å². The van der Waals surface area contributed by atoms with Crippen LogP contribution in [-0.2, 0) is 16.1 Å². The number of aromatic nitrogens is 2. The number of hydrogen-bond donors (Lipinski definition) is 0. The Morgan fingerprint density at radius 1 is 0.871 bits per heavy atom. The number of aromatic amines is 1. The van der Waals surface area contributed by atoms with E-state index in [0.29, 0.717) is 18.4 Å². The molecule has 0 bridgehead atoms. The van der Waals surface area contributed by atoms with Crippen LogP contribution < -0.4 is 23.0 Å². The number of carbonyl (C=O) groups is 1. The van der Waals surface area contributed by atoms with Crippen molar-refractivity contribution in [2.45, 2.75) is 18.9 Å². The summed E-state index contributed by atoms with van der Waals surface area (Å²) in [5, 5.41) is 0.644. The van der Waals surface area contributed by atoms with E-state index in [9.17, 15) is 9.59 Å². The van der Waals surface area contributed by atoms with Gasteiger partial charge in [-0.2, -0.15) is 4.57 Å². The second kappa shape index (κ2) is 10.5. The third kappa shape index (κ3) is 5.19. The summed E-state index contributed by atoms with van der Waals surface area (Å²) in [6.45, 7) is 0.711. The van der Waals surface area contributed by atoms with Crippen LogP contribution in [0.15, 0.2) is 96.1 Å². The summed E-state index contributed by atoms with van der Waals surface area (Å²) in [5.41, 5.74) is 2.55. The van der Waals surface area contributed by atoms with Crippen LogP contribution in [0.5, 0.6) is 0 Å². The molecule has 1 heterocycles. The van der Waals surface area contributed by atoms with Gasteiger partial charge in [0.05, 0.1) is 13.2 Å². The van der Waals surface area contributed by atoms with Crippen LogP contribution in [-0.4, -0.2) is 17.1 Å². The molecule has 0 amide bonds. The van der Waals surface area contributed by atoms with E-state index in [2.05, 4.69) is 4.98 Å². The van der Waals surface area contributed by atoms with Crippen LogP contribution in [0.3, 0.4) is 0 Å². The fraction of sp³-hybridized carbons (Fsp3) is 0.160. The number of aryl methyl sites for hydroxylation is 1. The summed E-state index contributed by atoms with van der Waals surface area (Å²) in [6, 6.07) is 26.7. The van der Waals surface area contributed by atoms with E-state index < -0.39 is 5.92 Å². The van der Waals surface area contributed by atoms with Gasteiger partial charge in [-0.15, -0.1) is 0 Å². The van der Waals surface area contributed by atoms with Crippen LogP contribution >= 0.6 is 0 Å². The van der Waals surface area contributed by atoms with E-state index in [1.807, 2.05) is 78.9 Å². The monoisotopic (exact) mass is 434 g/mol. The number of ether oxygens (including phenoxy) is 1. The zero-order valence-electron chi connectivity index (χ0n) is 16.9. The third-order valence-corrected chi connectivity index (χ3v) is 5.08. The number of hydrogen-bond acceptors (Lipinski definition) is 3. The molecule has 0 atom stereocenters. The SMILES string of the molecule is O=C(OCCCn1c[nH+]c2ccccc2c1=O)C(c1ccccc1)c1ccccc1.[Cl-]. The number of para-hydroxylation sites is 1. The molecule has 0 aliphatic carbocycles. The maximum Gasteiger partial charge on any atom is 0.345 e. The lowest BCUT2D eigenvalue weighted by Crippen LogP contribution is -3.00. The van der Waals surface area contributed by atoms with Gasteiger partial charge in [0.2, 0.25) is 6.33 Å². The number of nitrogens with one attached hydrogen (secondary N) is 1. The number of rotatable bonds is 7. The normalized spacial score (nSPS) is 10.6. The first-order valence-corrected chi connectivity index (χ1v) is 10.0. The molecule has 0 saturated heterocycles. The minimum absolute atomic E-state index is 0. The van der Waals surface area contributed by atoms with Gasteiger partial charge >= 0.3 is 11.5 Å². The summed E-state index contributed by atoms with van der Waals surface area (Å²) in [4.78, 5) is 28.6. The molecular formula is C25H23ClN2O3. The average Bonchev–Trinajstić information content (AvgIpc) is 2.80. The standard InChI is InChI=1S/C25H22N2O3.ClH/c28-24-21-14-7-8-15-22(21)26-18-27(24)16-9-17-30-25(29)23(19-10-3-1-4-11-19)20-12-5-2-6-13-20;/h1-8,10-15,18,23H,9,16-17H2;1H. The van der Waals surface area contributed by atoms with E-state index >= 15 is 0 Å². The molecule has 6 heteroatoms. The van der Waals surface area contributed by atoms with Gasteiger partial charge in [0.25, 0.3) is 0 Å². The van der Waals surface area contributed by atoms with Crippen molar-refractivity contribution in [1.82, 2.24) is 4.57 Å². The number of nitrogens with zero attached hydrogens (tertiary/aromatic N) is 1. The summed E-state index contributed by atoms with van der Waals surface area (Å²) in [5.74, 6) is -0.756. The predicted molar refractivity (Wildman–Crippen MR) is 115 cm³/mol. The highest BCUT2D eigenvalue weighted by atomic mass is 35.5. The zero-order chi connectivity index (χ0) is 20.8. The maximum absolute atomic E-state index is 12.9. The molecule has 0 saturated carbocycles. The van der Waals surface area contributed by atoms with Crippen molar-refractivity contribution in [3.05, 3.63) is 113 Å². The van der Waals surface area contributed by atoms with Gasteiger partial charge in [0.1, 0.15) is 16.8 Å². The minimum Gasteiger partial charge on any atom is -1.00 e. The molecule has 31 heavy (non-hydrogen) atoms. The van der Waals surface area contributed by atoms with Gasteiger partial charge in [-0.05, 0) is 23.3 Å². The minimum atomic E-state index is -0.468. The first-order valence-electron chi connectivity index (χ1n) is 10.0.